The van der Waals surface area contributed by atoms with Crippen LogP contribution in [0.4, 0.5) is 5.69 Å². The van der Waals surface area contributed by atoms with Crippen molar-refractivity contribution in [2.75, 3.05) is 45.3 Å². The SMILES string of the molecule is COc1ccc(CNC(=O)[C@@H](C)[NH+]2CCN(c3cccc(Cl)c3)CC2)cc1OC. The summed E-state index contributed by atoms with van der Waals surface area (Å²) in [5, 5.41) is 3.80. The van der Waals surface area contributed by atoms with E-state index in [9.17, 15) is 4.79 Å². The van der Waals surface area contributed by atoms with Crippen LogP contribution < -0.4 is 24.6 Å². The number of ether oxygens (including phenoxy) is 2. The molecule has 6 nitrogen and oxygen atoms in total. The number of nitrogens with one attached hydrogen (secondary N) is 2. The predicted molar refractivity (Wildman–Crippen MR) is 115 cm³/mol. The molecule has 2 aromatic rings. The van der Waals surface area contributed by atoms with Crippen molar-refractivity contribution in [3.63, 3.8) is 0 Å². The number of hydrogen-bond acceptors (Lipinski definition) is 4. The highest BCUT2D eigenvalue weighted by atomic mass is 35.5. The number of piperazine rings is 1. The van der Waals surface area contributed by atoms with Gasteiger partial charge in [-0.3, -0.25) is 4.79 Å². The molecule has 1 atom stereocenters. The number of halogens is 1. The van der Waals surface area contributed by atoms with Gasteiger partial charge in [0.2, 0.25) is 0 Å². The third-order valence-corrected chi connectivity index (χ3v) is 5.73. The first-order chi connectivity index (χ1) is 14.0. The van der Waals surface area contributed by atoms with Gasteiger partial charge in [-0.15, -0.1) is 0 Å². The van der Waals surface area contributed by atoms with E-state index in [1.807, 2.05) is 43.3 Å². The number of carbonyl (C=O) groups excluding carboxylic acids is 1. The summed E-state index contributed by atoms with van der Waals surface area (Å²) in [7, 11) is 3.21. The lowest BCUT2D eigenvalue weighted by molar-refractivity contribution is -0.914. The van der Waals surface area contributed by atoms with Crippen molar-refractivity contribution in [1.29, 1.82) is 0 Å². The van der Waals surface area contributed by atoms with Gasteiger partial charge in [-0.05, 0) is 42.8 Å². The maximum atomic E-state index is 12.7. The van der Waals surface area contributed by atoms with Crippen molar-refractivity contribution >= 4 is 23.2 Å². The van der Waals surface area contributed by atoms with Crippen molar-refractivity contribution in [3.8, 4) is 11.5 Å². The van der Waals surface area contributed by atoms with Crippen LogP contribution in [-0.4, -0.2) is 52.3 Å². The summed E-state index contributed by atoms with van der Waals surface area (Å²) in [6.45, 7) is 6.10. The molecule has 1 amide bonds. The van der Waals surface area contributed by atoms with Gasteiger partial charge in [0.1, 0.15) is 0 Å². The first-order valence-corrected chi connectivity index (χ1v) is 10.2. The molecular formula is C22H29ClN3O3+. The number of methoxy groups -OCH3 is 2. The highest BCUT2D eigenvalue weighted by molar-refractivity contribution is 6.30. The smallest absolute Gasteiger partial charge is 0.278 e. The summed E-state index contributed by atoms with van der Waals surface area (Å²) in [6, 6.07) is 13.5. The average Bonchev–Trinajstić information content (AvgIpc) is 2.76. The topological polar surface area (TPSA) is 55.2 Å². The van der Waals surface area contributed by atoms with Gasteiger partial charge in [0.15, 0.2) is 17.5 Å². The van der Waals surface area contributed by atoms with Crippen LogP contribution in [0.15, 0.2) is 42.5 Å². The van der Waals surface area contributed by atoms with Crippen molar-refractivity contribution < 1.29 is 19.2 Å². The Morgan fingerprint density at radius 1 is 1.14 bits per heavy atom. The summed E-state index contributed by atoms with van der Waals surface area (Å²) in [4.78, 5) is 16.3. The van der Waals surface area contributed by atoms with Gasteiger partial charge in [0.05, 0.1) is 40.4 Å². The van der Waals surface area contributed by atoms with Gasteiger partial charge in [-0.2, -0.15) is 0 Å². The largest absolute Gasteiger partial charge is 0.493 e. The summed E-state index contributed by atoms with van der Waals surface area (Å²) in [6.07, 6.45) is 0. The summed E-state index contributed by atoms with van der Waals surface area (Å²) in [5.41, 5.74) is 2.12. The monoisotopic (exact) mass is 418 g/mol. The molecule has 1 aliphatic heterocycles. The van der Waals surface area contributed by atoms with Crippen LogP contribution in [0.1, 0.15) is 12.5 Å². The van der Waals surface area contributed by atoms with E-state index in [1.165, 1.54) is 4.90 Å². The van der Waals surface area contributed by atoms with Crippen LogP contribution in [0.5, 0.6) is 11.5 Å². The molecule has 29 heavy (non-hydrogen) atoms. The Kier molecular flexibility index (Phi) is 7.23. The molecule has 2 aromatic carbocycles. The highest BCUT2D eigenvalue weighted by Gasteiger charge is 2.29. The van der Waals surface area contributed by atoms with Gasteiger partial charge in [0, 0.05) is 17.3 Å². The van der Waals surface area contributed by atoms with Crippen molar-refractivity contribution in [2.24, 2.45) is 0 Å². The molecule has 1 aliphatic rings. The normalized spacial score (nSPS) is 15.7. The van der Waals surface area contributed by atoms with E-state index in [0.29, 0.717) is 18.0 Å². The molecule has 0 radical (unpaired) electrons. The Labute approximate surface area is 177 Å². The Balaban J connectivity index is 1.51. The fraction of sp³-hybridized carbons (Fsp3) is 0.409. The maximum Gasteiger partial charge on any atom is 0.278 e. The second kappa shape index (κ2) is 9.85. The van der Waals surface area contributed by atoms with Gasteiger partial charge >= 0.3 is 0 Å². The zero-order valence-corrected chi connectivity index (χ0v) is 18.0. The highest BCUT2D eigenvalue weighted by Crippen LogP contribution is 2.27. The number of rotatable bonds is 7. The lowest BCUT2D eigenvalue weighted by atomic mass is 10.1. The Morgan fingerprint density at radius 2 is 1.86 bits per heavy atom. The minimum absolute atomic E-state index is 0.0611. The first-order valence-electron chi connectivity index (χ1n) is 9.85. The number of carbonyl (C=O) groups is 1. The number of anilines is 1. The molecule has 1 fully saturated rings. The van der Waals surface area contributed by atoms with E-state index < -0.39 is 0 Å². The molecule has 0 unspecified atom stereocenters. The quantitative estimate of drug-likeness (QED) is 0.719. The number of nitrogens with zero attached hydrogens (tertiary/aromatic N) is 1. The Bertz CT molecular complexity index is 838. The van der Waals surface area contributed by atoms with E-state index in [0.717, 1.165) is 42.5 Å². The lowest BCUT2D eigenvalue weighted by Crippen LogP contribution is -3.19. The van der Waals surface area contributed by atoms with E-state index in [-0.39, 0.29) is 11.9 Å². The van der Waals surface area contributed by atoms with Gasteiger partial charge in [-0.25, -0.2) is 0 Å². The van der Waals surface area contributed by atoms with Gasteiger partial charge in [-0.1, -0.05) is 23.7 Å². The lowest BCUT2D eigenvalue weighted by Gasteiger charge is -2.36. The molecule has 0 aromatic heterocycles. The summed E-state index contributed by atoms with van der Waals surface area (Å²) >= 11 is 6.11. The molecule has 7 heteroatoms. The van der Waals surface area contributed by atoms with Crippen LogP contribution in [0, 0.1) is 0 Å². The van der Waals surface area contributed by atoms with Crippen LogP contribution >= 0.6 is 11.6 Å². The zero-order valence-electron chi connectivity index (χ0n) is 17.2. The molecule has 156 valence electrons. The molecule has 0 aliphatic carbocycles. The third kappa shape index (κ3) is 5.34. The summed E-state index contributed by atoms with van der Waals surface area (Å²) < 4.78 is 10.6. The molecule has 0 spiro atoms. The van der Waals surface area contributed by atoms with Crippen LogP contribution in [0.3, 0.4) is 0 Å². The number of hydrogen-bond donors (Lipinski definition) is 2. The molecule has 3 rings (SSSR count). The van der Waals surface area contributed by atoms with Gasteiger partial charge < -0.3 is 24.6 Å². The van der Waals surface area contributed by atoms with Crippen LogP contribution in [0.2, 0.25) is 5.02 Å². The minimum atomic E-state index is -0.100. The minimum Gasteiger partial charge on any atom is -0.493 e. The zero-order chi connectivity index (χ0) is 20.8. The Morgan fingerprint density at radius 3 is 2.52 bits per heavy atom. The number of amides is 1. The fourth-order valence-corrected chi connectivity index (χ4v) is 3.86. The Hall–Kier alpha value is -2.44. The second-order valence-corrected chi connectivity index (χ2v) is 7.69. The summed E-state index contributed by atoms with van der Waals surface area (Å²) in [5.74, 6) is 1.40. The number of quaternary nitrogens is 1. The molecule has 2 N–H and O–H groups in total. The van der Waals surface area contributed by atoms with E-state index in [4.69, 9.17) is 21.1 Å². The second-order valence-electron chi connectivity index (χ2n) is 7.25. The molecule has 1 saturated heterocycles. The first kappa shape index (κ1) is 21.3. The molecule has 0 saturated carbocycles. The van der Waals surface area contributed by atoms with Crippen molar-refractivity contribution in [2.45, 2.75) is 19.5 Å². The van der Waals surface area contributed by atoms with Crippen molar-refractivity contribution in [1.82, 2.24) is 5.32 Å². The van der Waals surface area contributed by atoms with Crippen molar-refractivity contribution in [3.05, 3.63) is 53.1 Å². The van der Waals surface area contributed by atoms with E-state index in [2.05, 4.69) is 16.3 Å². The molecule has 0 bridgehead atoms. The van der Waals surface area contributed by atoms with Crippen LogP contribution in [0.25, 0.3) is 0 Å². The fourth-order valence-electron chi connectivity index (χ4n) is 3.68. The predicted octanol–water partition coefficient (Wildman–Crippen LogP) is 1.77. The standard InChI is InChI=1S/C22H28ClN3O3/c1-16(22(27)24-15-17-7-8-20(28-2)21(13-17)29-3)25-9-11-26(12-10-25)19-6-4-5-18(23)14-19/h4-8,13-14,16H,9-12,15H2,1-3H3,(H,24,27)/p+1/t16-/m1/s1. The number of benzene rings is 2. The molecule has 1 heterocycles. The van der Waals surface area contributed by atoms with E-state index >= 15 is 0 Å². The van der Waals surface area contributed by atoms with Crippen LogP contribution in [-0.2, 0) is 11.3 Å². The third-order valence-electron chi connectivity index (χ3n) is 5.50. The van der Waals surface area contributed by atoms with E-state index in [1.54, 1.807) is 14.2 Å². The maximum absolute atomic E-state index is 12.7. The average molecular weight is 419 g/mol. The molecular weight excluding hydrogens is 390 g/mol. The van der Waals surface area contributed by atoms with Gasteiger partial charge in [0.25, 0.3) is 5.91 Å².